The van der Waals surface area contributed by atoms with Crippen LogP contribution in [0, 0.1) is 0 Å². The summed E-state index contributed by atoms with van der Waals surface area (Å²) in [6, 6.07) is 16.0. The Morgan fingerprint density at radius 1 is 1.12 bits per heavy atom. The predicted octanol–water partition coefficient (Wildman–Crippen LogP) is 4.27. The van der Waals surface area contributed by atoms with Crippen LogP contribution in [0.1, 0.15) is 6.42 Å². The Balaban J connectivity index is 2.19. The molecule has 0 saturated carbocycles. The molecule has 132 valence electrons. The largest absolute Gasteiger partial charge is 0.496 e. The van der Waals surface area contributed by atoms with Gasteiger partial charge in [0.1, 0.15) is 10.4 Å². The zero-order chi connectivity index (χ0) is 18.1. The van der Waals surface area contributed by atoms with E-state index >= 15 is 0 Å². The second-order valence-electron chi connectivity index (χ2n) is 6.10. The summed E-state index contributed by atoms with van der Waals surface area (Å²) < 4.78 is 8.17. The zero-order valence-corrected chi connectivity index (χ0v) is 15.3. The quantitative estimate of drug-likeness (QED) is 0.574. The molecule has 1 N–H and O–H groups in total. The third kappa shape index (κ3) is 2.60. The van der Waals surface area contributed by atoms with Crippen molar-refractivity contribution in [1.29, 1.82) is 0 Å². The molecule has 4 aromatic rings. The van der Waals surface area contributed by atoms with E-state index in [1.54, 1.807) is 11.7 Å². The SMILES string of the molecule is COc1ccc2c(c1-c1ccccc1)c1ccsc1c(=O)n2CCCO. The van der Waals surface area contributed by atoms with Gasteiger partial charge < -0.3 is 14.4 Å². The number of nitrogens with zero attached hydrogens (tertiary/aromatic N) is 1. The van der Waals surface area contributed by atoms with Gasteiger partial charge in [-0.15, -0.1) is 11.3 Å². The molecule has 2 aromatic heterocycles. The number of ether oxygens (including phenoxy) is 1. The number of fused-ring (bicyclic) bond motifs is 3. The lowest BCUT2D eigenvalue weighted by Crippen LogP contribution is -2.21. The average molecular weight is 365 g/mol. The molecule has 4 rings (SSSR count). The summed E-state index contributed by atoms with van der Waals surface area (Å²) in [5.74, 6) is 0.781. The summed E-state index contributed by atoms with van der Waals surface area (Å²) >= 11 is 1.46. The Labute approximate surface area is 154 Å². The normalized spacial score (nSPS) is 11.3. The molecule has 2 aromatic carbocycles. The molecule has 0 aliphatic rings. The highest BCUT2D eigenvalue weighted by molar-refractivity contribution is 7.17. The first-order chi connectivity index (χ1) is 12.8. The molecule has 0 aliphatic carbocycles. The van der Waals surface area contributed by atoms with Crippen molar-refractivity contribution in [2.45, 2.75) is 13.0 Å². The van der Waals surface area contributed by atoms with Crippen LogP contribution in [0.15, 0.2) is 58.7 Å². The lowest BCUT2D eigenvalue weighted by molar-refractivity contribution is 0.280. The van der Waals surface area contributed by atoms with Crippen molar-refractivity contribution in [3.63, 3.8) is 0 Å². The monoisotopic (exact) mass is 365 g/mol. The number of rotatable bonds is 5. The van der Waals surface area contributed by atoms with Crippen molar-refractivity contribution in [2.75, 3.05) is 13.7 Å². The van der Waals surface area contributed by atoms with E-state index in [1.807, 2.05) is 41.8 Å². The van der Waals surface area contributed by atoms with Crippen molar-refractivity contribution in [2.24, 2.45) is 0 Å². The van der Waals surface area contributed by atoms with E-state index in [2.05, 4.69) is 12.1 Å². The summed E-state index contributed by atoms with van der Waals surface area (Å²) in [7, 11) is 1.67. The van der Waals surface area contributed by atoms with Crippen LogP contribution in [-0.2, 0) is 6.54 Å². The molecule has 26 heavy (non-hydrogen) atoms. The molecular weight excluding hydrogens is 346 g/mol. The molecule has 2 heterocycles. The number of aliphatic hydroxyl groups is 1. The van der Waals surface area contributed by atoms with E-state index in [4.69, 9.17) is 4.74 Å². The van der Waals surface area contributed by atoms with Crippen LogP contribution in [-0.4, -0.2) is 23.4 Å². The van der Waals surface area contributed by atoms with Gasteiger partial charge in [-0.2, -0.15) is 0 Å². The second kappa shape index (κ2) is 6.94. The number of aryl methyl sites for hydroxylation is 1. The van der Waals surface area contributed by atoms with Crippen molar-refractivity contribution >= 4 is 32.3 Å². The molecule has 0 saturated heterocycles. The number of aliphatic hydroxyl groups excluding tert-OH is 1. The zero-order valence-electron chi connectivity index (χ0n) is 14.4. The lowest BCUT2D eigenvalue weighted by atomic mass is 9.97. The third-order valence-electron chi connectivity index (χ3n) is 4.63. The summed E-state index contributed by atoms with van der Waals surface area (Å²) in [6.45, 7) is 0.540. The van der Waals surface area contributed by atoms with E-state index in [0.29, 0.717) is 13.0 Å². The van der Waals surface area contributed by atoms with E-state index < -0.39 is 0 Å². The Hall–Kier alpha value is -2.63. The minimum Gasteiger partial charge on any atom is -0.496 e. The standard InChI is InChI=1S/C21H19NO3S/c1-25-17-9-8-16-19(18(17)14-6-3-2-4-7-14)15-10-13-26-20(15)21(24)22(16)11-5-12-23/h2-4,6-10,13,23H,5,11-12H2,1H3. The molecule has 0 unspecified atom stereocenters. The van der Waals surface area contributed by atoms with Gasteiger partial charge in [0.25, 0.3) is 5.56 Å². The molecule has 0 radical (unpaired) electrons. The molecule has 5 heteroatoms. The molecule has 0 aliphatic heterocycles. The van der Waals surface area contributed by atoms with E-state index in [-0.39, 0.29) is 12.2 Å². The Kier molecular flexibility index (Phi) is 4.49. The van der Waals surface area contributed by atoms with Crippen LogP contribution in [0.3, 0.4) is 0 Å². The van der Waals surface area contributed by atoms with Gasteiger partial charge in [0, 0.05) is 29.5 Å². The van der Waals surface area contributed by atoms with Crippen molar-refractivity contribution in [3.05, 3.63) is 64.3 Å². The van der Waals surface area contributed by atoms with Crippen molar-refractivity contribution < 1.29 is 9.84 Å². The van der Waals surface area contributed by atoms with Gasteiger partial charge in [-0.3, -0.25) is 4.79 Å². The number of aromatic nitrogens is 1. The van der Waals surface area contributed by atoms with Gasteiger partial charge >= 0.3 is 0 Å². The van der Waals surface area contributed by atoms with Gasteiger partial charge in [0.15, 0.2) is 0 Å². The van der Waals surface area contributed by atoms with Crippen LogP contribution >= 0.6 is 11.3 Å². The molecule has 0 atom stereocenters. The molecular formula is C21H19NO3S. The fourth-order valence-electron chi connectivity index (χ4n) is 3.49. The minimum absolute atomic E-state index is 0.000119. The summed E-state index contributed by atoms with van der Waals surface area (Å²) in [5.41, 5.74) is 2.91. The van der Waals surface area contributed by atoms with Crippen LogP contribution in [0.5, 0.6) is 5.75 Å². The van der Waals surface area contributed by atoms with Crippen LogP contribution in [0.4, 0.5) is 0 Å². The first-order valence-corrected chi connectivity index (χ1v) is 9.41. The molecule has 0 fully saturated rings. The predicted molar refractivity (Wildman–Crippen MR) is 107 cm³/mol. The molecule has 0 bridgehead atoms. The number of hydrogen-bond acceptors (Lipinski definition) is 4. The topological polar surface area (TPSA) is 51.5 Å². The highest BCUT2D eigenvalue weighted by Gasteiger charge is 2.18. The summed E-state index contributed by atoms with van der Waals surface area (Å²) in [6.07, 6.45) is 0.540. The fourth-order valence-corrected chi connectivity index (χ4v) is 4.33. The number of hydrogen-bond donors (Lipinski definition) is 1. The highest BCUT2D eigenvalue weighted by atomic mass is 32.1. The first kappa shape index (κ1) is 16.8. The number of methoxy groups -OCH3 is 1. The van der Waals surface area contributed by atoms with Crippen molar-refractivity contribution in [1.82, 2.24) is 4.57 Å². The summed E-state index contributed by atoms with van der Waals surface area (Å²) in [5, 5.41) is 13.2. The summed E-state index contributed by atoms with van der Waals surface area (Å²) in [4.78, 5) is 13.0. The van der Waals surface area contributed by atoms with Gasteiger partial charge in [0.2, 0.25) is 0 Å². The minimum atomic E-state index is 0.000119. The lowest BCUT2D eigenvalue weighted by Gasteiger charge is -2.17. The van der Waals surface area contributed by atoms with Gasteiger partial charge in [0.05, 0.1) is 12.6 Å². The molecule has 4 nitrogen and oxygen atoms in total. The molecule has 0 amide bonds. The van der Waals surface area contributed by atoms with Gasteiger partial charge in [-0.1, -0.05) is 30.3 Å². The van der Waals surface area contributed by atoms with Crippen LogP contribution in [0.2, 0.25) is 0 Å². The Morgan fingerprint density at radius 3 is 2.65 bits per heavy atom. The van der Waals surface area contributed by atoms with E-state index in [1.165, 1.54) is 11.3 Å². The fraction of sp³-hybridized carbons (Fsp3) is 0.190. The number of pyridine rings is 1. The Morgan fingerprint density at radius 2 is 1.92 bits per heavy atom. The second-order valence-corrected chi connectivity index (χ2v) is 7.02. The maximum absolute atomic E-state index is 13.0. The van der Waals surface area contributed by atoms with Crippen LogP contribution in [0.25, 0.3) is 32.1 Å². The highest BCUT2D eigenvalue weighted by Crippen LogP contribution is 2.40. The average Bonchev–Trinajstić information content (AvgIpc) is 3.18. The van der Waals surface area contributed by atoms with Crippen molar-refractivity contribution in [3.8, 4) is 16.9 Å². The smallest absolute Gasteiger partial charge is 0.268 e. The maximum Gasteiger partial charge on any atom is 0.268 e. The van der Waals surface area contributed by atoms with Gasteiger partial charge in [-0.25, -0.2) is 0 Å². The molecule has 0 spiro atoms. The Bertz CT molecular complexity index is 1130. The third-order valence-corrected chi connectivity index (χ3v) is 5.53. The van der Waals surface area contributed by atoms with E-state index in [0.717, 1.165) is 37.9 Å². The first-order valence-electron chi connectivity index (χ1n) is 8.53. The number of benzene rings is 2. The van der Waals surface area contributed by atoms with Crippen LogP contribution < -0.4 is 10.3 Å². The van der Waals surface area contributed by atoms with E-state index in [9.17, 15) is 9.90 Å². The van der Waals surface area contributed by atoms with Gasteiger partial charge in [-0.05, 0) is 35.6 Å². The maximum atomic E-state index is 13.0. The number of thiophene rings is 1.